The maximum Gasteiger partial charge on any atom is 0.501 e. The van der Waals surface area contributed by atoms with Gasteiger partial charge in [-0.25, -0.2) is 8.42 Å². The fourth-order valence-electron chi connectivity index (χ4n) is 1.21. The lowest BCUT2D eigenvalue weighted by molar-refractivity contribution is -0.0436. The topological polar surface area (TPSA) is 152 Å². The van der Waals surface area contributed by atoms with Gasteiger partial charge in [0.1, 0.15) is 11.8 Å². The molecule has 13 heteroatoms. The summed E-state index contributed by atoms with van der Waals surface area (Å²) in [5.74, 6) is -1.40. The number of hydrazone groups is 1. The molecule has 23 heavy (non-hydrogen) atoms. The second-order valence-corrected chi connectivity index (χ2v) is 6.64. The Balaban J connectivity index is 3.43. The van der Waals surface area contributed by atoms with Crippen molar-refractivity contribution in [1.82, 2.24) is 0 Å². The van der Waals surface area contributed by atoms with E-state index >= 15 is 0 Å². The number of rotatable bonds is 4. The fourth-order valence-corrected chi connectivity index (χ4v) is 2.63. The first-order chi connectivity index (χ1) is 10.4. The molecule has 0 spiro atoms. The van der Waals surface area contributed by atoms with Crippen LogP contribution in [0.2, 0.25) is 0 Å². The molecule has 8 nitrogen and oxygen atoms in total. The van der Waals surface area contributed by atoms with E-state index in [2.05, 4.69) is 21.0 Å². The highest BCUT2D eigenvalue weighted by atomic mass is 79.9. The van der Waals surface area contributed by atoms with Crippen molar-refractivity contribution < 1.29 is 26.7 Å². The lowest BCUT2D eigenvalue weighted by atomic mass is 10.3. The number of sulfone groups is 1. The van der Waals surface area contributed by atoms with E-state index in [0.29, 0.717) is 12.1 Å². The van der Waals surface area contributed by atoms with Gasteiger partial charge in [0.2, 0.25) is 5.71 Å². The summed E-state index contributed by atoms with van der Waals surface area (Å²) in [7, 11) is -5.66. The molecule has 0 saturated carbocycles. The van der Waals surface area contributed by atoms with Crippen molar-refractivity contribution in [2.75, 3.05) is 5.43 Å². The molecular weight excluding hydrogens is 407 g/mol. The first-order valence-corrected chi connectivity index (χ1v) is 7.61. The average molecular weight is 414 g/mol. The molecule has 0 amide bonds. The molecule has 0 saturated heterocycles. The van der Waals surface area contributed by atoms with Gasteiger partial charge >= 0.3 is 5.51 Å². The van der Waals surface area contributed by atoms with Gasteiger partial charge < -0.3 is 10.8 Å². The minimum atomic E-state index is -5.66. The standard InChI is InChI=1S/C10H7BrF3N5O3S/c11-5-1-4(23(21,22)10(12,13)14)2-6(8(5)20)18-19-7(3-15)9(16)17/h1-2,18,20H,(H3,16,17)/b19-7+. The molecule has 0 unspecified atom stereocenters. The zero-order chi connectivity index (χ0) is 18.0. The maximum atomic E-state index is 12.6. The van der Waals surface area contributed by atoms with Crippen molar-refractivity contribution in [3.05, 3.63) is 16.6 Å². The molecular formula is C10H7BrF3N5O3S. The quantitative estimate of drug-likeness (QED) is 0.255. The summed E-state index contributed by atoms with van der Waals surface area (Å²) in [4.78, 5) is -1.16. The molecule has 0 heterocycles. The van der Waals surface area contributed by atoms with Gasteiger partial charge in [-0.3, -0.25) is 10.8 Å². The molecule has 1 aromatic rings. The zero-order valence-corrected chi connectivity index (χ0v) is 13.2. The van der Waals surface area contributed by atoms with Gasteiger partial charge in [-0.2, -0.15) is 23.5 Å². The summed E-state index contributed by atoms with van der Waals surface area (Å²) >= 11 is 2.71. The van der Waals surface area contributed by atoms with E-state index in [4.69, 9.17) is 16.4 Å². The van der Waals surface area contributed by atoms with E-state index in [1.807, 2.05) is 5.43 Å². The molecule has 1 aromatic carbocycles. The Morgan fingerprint density at radius 2 is 2.04 bits per heavy atom. The number of halogens is 4. The van der Waals surface area contributed by atoms with Gasteiger partial charge in [0.25, 0.3) is 9.84 Å². The van der Waals surface area contributed by atoms with Crippen LogP contribution < -0.4 is 11.2 Å². The fraction of sp³-hybridized carbons (Fsp3) is 0.100. The van der Waals surface area contributed by atoms with Gasteiger partial charge in [0.05, 0.1) is 9.37 Å². The van der Waals surface area contributed by atoms with Crippen LogP contribution in [0.5, 0.6) is 5.75 Å². The number of phenolic OH excluding ortho intramolecular Hbond substituents is 1. The summed E-state index contributed by atoms with van der Waals surface area (Å²) in [6.45, 7) is 0. The molecule has 0 fully saturated rings. The van der Waals surface area contributed by atoms with Gasteiger partial charge in [0.15, 0.2) is 11.6 Å². The van der Waals surface area contributed by atoms with E-state index in [1.54, 1.807) is 0 Å². The summed E-state index contributed by atoms with van der Waals surface area (Å²) in [6, 6.07) is 2.45. The Labute approximate surface area is 136 Å². The zero-order valence-electron chi connectivity index (χ0n) is 10.8. The number of nitriles is 1. The van der Waals surface area contributed by atoms with Crippen molar-refractivity contribution in [2.24, 2.45) is 10.8 Å². The Hall–Kier alpha value is -2.33. The summed E-state index contributed by atoms with van der Waals surface area (Å²) in [6.07, 6.45) is 0. The number of nitrogens with zero attached hydrogens (tertiary/aromatic N) is 2. The van der Waals surface area contributed by atoms with Crippen LogP contribution in [-0.2, 0) is 9.84 Å². The van der Waals surface area contributed by atoms with Crippen LogP contribution in [-0.4, -0.2) is 30.6 Å². The number of nitrogens with one attached hydrogen (secondary N) is 2. The molecule has 0 bridgehead atoms. The summed E-state index contributed by atoms with van der Waals surface area (Å²) < 4.78 is 60.1. The molecule has 0 aliphatic rings. The Morgan fingerprint density at radius 3 is 2.48 bits per heavy atom. The number of aromatic hydroxyl groups is 1. The van der Waals surface area contributed by atoms with Crippen LogP contribution in [0.25, 0.3) is 0 Å². The number of amidine groups is 1. The highest BCUT2D eigenvalue weighted by Crippen LogP contribution is 2.39. The number of alkyl halides is 3. The van der Waals surface area contributed by atoms with Crippen LogP contribution in [0.4, 0.5) is 18.9 Å². The number of hydrogen-bond acceptors (Lipinski definition) is 7. The first kappa shape index (κ1) is 18.7. The number of hydrogen-bond donors (Lipinski definition) is 4. The van der Waals surface area contributed by atoms with E-state index in [0.717, 1.165) is 0 Å². The summed E-state index contributed by atoms with van der Waals surface area (Å²) in [5.41, 5.74) is 0.286. The lowest BCUT2D eigenvalue weighted by Crippen LogP contribution is -2.23. The van der Waals surface area contributed by atoms with Crippen LogP contribution in [0.15, 0.2) is 26.6 Å². The monoisotopic (exact) mass is 413 g/mol. The van der Waals surface area contributed by atoms with Gasteiger partial charge in [-0.15, -0.1) is 0 Å². The van der Waals surface area contributed by atoms with Crippen LogP contribution in [0, 0.1) is 16.7 Å². The van der Waals surface area contributed by atoms with E-state index < -0.39 is 43.2 Å². The van der Waals surface area contributed by atoms with Gasteiger partial charge in [-0.1, -0.05) is 0 Å². The molecule has 5 N–H and O–H groups in total. The number of benzene rings is 1. The lowest BCUT2D eigenvalue weighted by Gasteiger charge is -2.12. The van der Waals surface area contributed by atoms with Gasteiger partial charge in [0, 0.05) is 0 Å². The third-order valence-corrected chi connectivity index (χ3v) is 4.37. The van der Waals surface area contributed by atoms with E-state index in [9.17, 15) is 26.7 Å². The van der Waals surface area contributed by atoms with Crippen molar-refractivity contribution in [1.29, 1.82) is 10.7 Å². The molecule has 0 aliphatic carbocycles. The third-order valence-electron chi connectivity index (χ3n) is 2.30. The Bertz CT molecular complexity index is 829. The Morgan fingerprint density at radius 1 is 1.48 bits per heavy atom. The first-order valence-electron chi connectivity index (χ1n) is 5.34. The molecule has 0 atom stereocenters. The van der Waals surface area contributed by atoms with Crippen LogP contribution in [0.1, 0.15) is 0 Å². The molecule has 0 radical (unpaired) electrons. The maximum absolute atomic E-state index is 12.6. The SMILES string of the molecule is N#C/C(=N\Nc1cc(S(=O)(=O)C(F)(F)F)cc(Br)c1O)C(=N)N. The van der Waals surface area contributed by atoms with E-state index in [-0.39, 0.29) is 4.47 Å². The minimum Gasteiger partial charge on any atom is -0.505 e. The molecule has 124 valence electrons. The van der Waals surface area contributed by atoms with Crippen molar-refractivity contribution >= 4 is 43.0 Å². The van der Waals surface area contributed by atoms with Crippen LogP contribution in [0.3, 0.4) is 0 Å². The highest BCUT2D eigenvalue weighted by molar-refractivity contribution is 9.10. The minimum absolute atomic E-state index is 0.359. The number of anilines is 1. The molecule has 0 aliphatic heterocycles. The largest absolute Gasteiger partial charge is 0.505 e. The average Bonchev–Trinajstić information content (AvgIpc) is 2.41. The van der Waals surface area contributed by atoms with Gasteiger partial charge in [-0.05, 0) is 28.1 Å². The normalized spacial score (nSPS) is 12.6. The second-order valence-electron chi connectivity index (χ2n) is 3.85. The van der Waals surface area contributed by atoms with E-state index in [1.165, 1.54) is 6.07 Å². The highest BCUT2D eigenvalue weighted by Gasteiger charge is 2.47. The number of nitrogens with two attached hydrogens (primary N) is 1. The van der Waals surface area contributed by atoms with Crippen LogP contribution >= 0.6 is 15.9 Å². The summed E-state index contributed by atoms with van der Waals surface area (Å²) in [5, 5.41) is 28.6. The predicted molar refractivity (Wildman–Crippen MR) is 77.6 cm³/mol. The second kappa shape index (κ2) is 6.42. The van der Waals surface area contributed by atoms with Crippen molar-refractivity contribution in [2.45, 2.75) is 10.4 Å². The molecule has 1 rings (SSSR count). The van der Waals surface area contributed by atoms with Crippen molar-refractivity contribution in [3.63, 3.8) is 0 Å². The Kier molecular flexibility index (Phi) is 5.23. The number of phenols is 1. The van der Waals surface area contributed by atoms with Crippen molar-refractivity contribution in [3.8, 4) is 11.8 Å². The third kappa shape index (κ3) is 3.90. The molecule has 0 aromatic heterocycles. The predicted octanol–water partition coefficient (Wildman–Crippen LogP) is 1.68. The smallest absolute Gasteiger partial charge is 0.501 e.